The molecule has 1 aliphatic rings. The first-order valence-electron chi connectivity index (χ1n) is 8.56. The number of aromatic amines is 1. The average Bonchev–Trinajstić information content (AvgIpc) is 2.64. The number of carbonyl (C=O) groups excluding carboxylic acids is 1. The fraction of sp³-hybridized carbons (Fsp3) is 0.368. The third-order valence-electron chi connectivity index (χ3n) is 4.83. The van der Waals surface area contributed by atoms with Gasteiger partial charge in [0.05, 0.1) is 17.2 Å². The summed E-state index contributed by atoms with van der Waals surface area (Å²) in [5.41, 5.74) is 0.817. The molecule has 6 nitrogen and oxygen atoms in total. The molecule has 0 aliphatic carbocycles. The molecule has 2 atom stereocenters. The highest BCUT2D eigenvalue weighted by molar-refractivity contribution is 5.95. The third-order valence-corrected chi connectivity index (χ3v) is 4.83. The maximum absolute atomic E-state index is 13.0. The molecule has 4 N–H and O–H groups in total. The van der Waals surface area contributed by atoms with Crippen LogP contribution in [0.2, 0.25) is 0 Å². The largest absolute Gasteiger partial charge is 0.389 e. The van der Waals surface area contributed by atoms with Crippen LogP contribution < -0.4 is 16.2 Å². The Morgan fingerprint density at radius 1 is 1.27 bits per heavy atom. The molecule has 1 aromatic heterocycles. The summed E-state index contributed by atoms with van der Waals surface area (Å²) < 4.78 is 0. The van der Waals surface area contributed by atoms with Gasteiger partial charge >= 0.3 is 0 Å². The van der Waals surface area contributed by atoms with Gasteiger partial charge in [-0.1, -0.05) is 37.3 Å². The summed E-state index contributed by atoms with van der Waals surface area (Å²) in [7, 11) is 0. The van der Waals surface area contributed by atoms with Crippen molar-refractivity contribution < 1.29 is 9.90 Å². The minimum absolute atomic E-state index is 0. The molecule has 0 saturated carbocycles. The van der Waals surface area contributed by atoms with Crippen molar-refractivity contribution in [2.24, 2.45) is 0 Å². The topological polar surface area (TPSA) is 94.2 Å². The van der Waals surface area contributed by atoms with Gasteiger partial charge in [0.1, 0.15) is 0 Å². The second-order valence-electron chi connectivity index (χ2n) is 6.33. The quantitative estimate of drug-likeness (QED) is 0.646. The first kappa shape index (κ1) is 20.2. The highest BCUT2D eigenvalue weighted by atomic mass is 35.5. The lowest BCUT2D eigenvalue weighted by Crippen LogP contribution is -2.61. The van der Waals surface area contributed by atoms with Gasteiger partial charge in [0.2, 0.25) is 5.56 Å². The number of aryl methyl sites for hydroxylation is 1. The van der Waals surface area contributed by atoms with Crippen LogP contribution >= 0.6 is 12.4 Å². The summed E-state index contributed by atoms with van der Waals surface area (Å²) >= 11 is 0. The van der Waals surface area contributed by atoms with Crippen LogP contribution in [0.1, 0.15) is 35.0 Å². The number of carbonyl (C=O) groups is 1. The fourth-order valence-electron chi connectivity index (χ4n) is 3.43. The summed E-state index contributed by atoms with van der Waals surface area (Å²) in [4.78, 5) is 27.2. The van der Waals surface area contributed by atoms with Crippen molar-refractivity contribution in [3.05, 3.63) is 69.6 Å². The van der Waals surface area contributed by atoms with Crippen LogP contribution in [0.4, 0.5) is 0 Å². The Labute approximate surface area is 158 Å². The Morgan fingerprint density at radius 3 is 2.65 bits per heavy atom. The predicted molar refractivity (Wildman–Crippen MR) is 103 cm³/mol. The van der Waals surface area contributed by atoms with Crippen LogP contribution in [0.25, 0.3) is 0 Å². The fourth-order valence-corrected chi connectivity index (χ4v) is 3.43. The Morgan fingerprint density at radius 2 is 2.00 bits per heavy atom. The molecule has 7 heteroatoms. The van der Waals surface area contributed by atoms with Crippen LogP contribution in [0, 0.1) is 0 Å². The lowest BCUT2D eigenvalue weighted by molar-refractivity contribution is 0.0289. The second-order valence-corrected chi connectivity index (χ2v) is 6.33. The van der Waals surface area contributed by atoms with E-state index in [2.05, 4.69) is 15.6 Å². The van der Waals surface area contributed by atoms with Crippen LogP contribution in [0.3, 0.4) is 0 Å². The molecular formula is C19H24ClN3O3. The Bertz CT molecular complexity index is 809. The summed E-state index contributed by atoms with van der Waals surface area (Å²) in [5.74, 6) is -0.294. The summed E-state index contributed by atoms with van der Waals surface area (Å²) in [5, 5.41) is 16.9. The number of rotatable bonds is 4. The minimum Gasteiger partial charge on any atom is -0.389 e. The number of amides is 1. The zero-order valence-corrected chi connectivity index (χ0v) is 15.4. The van der Waals surface area contributed by atoms with E-state index in [1.165, 1.54) is 6.07 Å². The summed E-state index contributed by atoms with van der Waals surface area (Å²) in [6.45, 7) is 2.98. The molecular weight excluding hydrogens is 354 g/mol. The van der Waals surface area contributed by atoms with Crippen molar-refractivity contribution in [3.63, 3.8) is 0 Å². The van der Waals surface area contributed by atoms with Crippen LogP contribution in [0.15, 0.2) is 47.3 Å². The van der Waals surface area contributed by atoms with Gasteiger partial charge in [0.25, 0.3) is 5.91 Å². The van der Waals surface area contributed by atoms with Crippen molar-refractivity contribution in [2.75, 3.05) is 13.1 Å². The van der Waals surface area contributed by atoms with Crippen LogP contribution in [-0.4, -0.2) is 35.2 Å². The zero-order chi connectivity index (χ0) is 17.9. The molecule has 0 unspecified atom stereocenters. The van der Waals surface area contributed by atoms with E-state index >= 15 is 0 Å². The van der Waals surface area contributed by atoms with Gasteiger partial charge in [-0.3, -0.25) is 9.59 Å². The number of H-pyrrole nitrogens is 1. The van der Waals surface area contributed by atoms with Crippen molar-refractivity contribution in [1.29, 1.82) is 0 Å². The summed E-state index contributed by atoms with van der Waals surface area (Å²) in [6.07, 6.45) is 0.371. The van der Waals surface area contributed by atoms with E-state index in [4.69, 9.17) is 0 Å². The van der Waals surface area contributed by atoms with Crippen molar-refractivity contribution >= 4 is 18.3 Å². The number of hydrogen-bond acceptors (Lipinski definition) is 4. The van der Waals surface area contributed by atoms with E-state index in [1.54, 1.807) is 6.07 Å². The third kappa shape index (κ3) is 3.82. The molecule has 26 heavy (non-hydrogen) atoms. The Hall–Kier alpha value is -2.15. The van der Waals surface area contributed by atoms with E-state index in [0.29, 0.717) is 37.2 Å². The number of aliphatic hydroxyl groups excluding tert-OH is 1. The number of piperidine rings is 1. The zero-order valence-electron chi connectivity index (χ0n) is 14.6. The van der Waals surface area contributed by atoms with Crippen LogP contribution in [-0.2, 0) is 12.0 Å². The monoisotopic (exact) mass is 377 g/mol. The molecule has 3 rings (SSSR count). The average molecular weight is 378 g/mol. The number of aromatic nitrogens is 1. The number of benzene rings is 1. The lowest BCUT2D eigenvalue weighted by atomic mass is 9.79. The molecule has 2 heterocycles. The van der Waals surface area contributed by atoms with E-state index < -0.39 is 11.6 Å². The predicted octanol–water partition coefficient (Wildman–Crippen LogP) is 1.34. The molecule has 1 saturated heterocycles. The number of hydrogen-bond donors (Lipinski definition) is 4. The number of pyridine rings is 1. The van der Waals surface area contributed by atoms with Gasteiger partial charge in [-0.2, -0.15) is 0 Å². The van der Waals surface area contributed by atoms with E-state index in [0.717, 1.165) is 5.56 Å². The van der Waals surface area contributed by atoms with Gasteiger partial charge in [-0.15, -0.1) is 12.4 Å². The second kappa shape index (κ2) is 8.49. The Kier molecular flexibility index (Phi) is 6.58. The summed E-state index contributed by atoms with van der Waals surface area (Å²) in [6, 6.07) is 12.4. The van der Waals surface area contributed by atoms with Crippen molar-refractivity contribution in [2.45, 2.75) is 31.4 Å². The highest BCUT2D eigenvalue weighted by Gasteiger charge is 2.43. The number of nitrogens with one attached hydrogen (secondary N) is 3. The Balaban J connectivity index is 0.00000243. The molecule has 0 radical (unpaired) electrons. The molecule has 1 aromatic carbocycles. The maximum atomic E-state index is 13.0. The lowest BCUT2D eigenvalue weighted by Gasteiger charge is -2.43. The first-order valence-corrected chi connectivity index (χ1v) is 8.56. The number of aliphatic hydroxyl groups is 1. The molecule has 1 amide bonds. The molecule has 0 spiro atoms. The normalized spacial score (nSPS) is 22.3. The molecule has 2 aromatic rings. The molecule has 0 bridgehead atoms. The van der Waals surface area contributed by atoms with Gasteiger partial charge in [-0.25, -0.2) is 0 Å². The van der Waals surface area contributed by atoms with Gasteiger partial charge < -0.3 is 20.7 Å². The van der Waals surface area contributed by atoms with E-state index in [9.17, 15) is 14.7 Å². The van der Waals surface area contributed by atoms with Crippen LogP contribution in [0.5, 0.6) is 0 Å². The molecule has 140 valence electrons. The van der Waals surface area contributed by atoms with Crippen molar-refractivity contribution in [3.8, 4) is 0 Å². The minimum atomic E-state index is -0.856. The maximum Gasteiger partial charge on any atom is 0.253 e. The van der Waals surface area contributed by atoms with E-state index in [-0.39, 0.29) is 23.9 Å². The standard InChI is InChI=1S/C19H23N3O3.ClH/c1-2-15-14(8-9-17(24)21-15)18(25)22-19(10-11-20-12-16(19)23)13-6-4-3-5-7-13;/h3-9,16,20,23H,2,10-12H2,1H3,(H,21,24)(H,22,25);1H/t16-,19+;/m1./s1. The highest BCUT2D eigenvalue weighted by Crippen LogP contribution is 2.31. The van der Waals surface area contributed by atoms with E-state index in [1.807, 2.05) is 37.3 Å². The van der Waals surface area contributed by atoms with Gasteiger partial charge in [0, 0.05) is 18.3 Å². The van der Waals surface area contributed by atoms with Gasteiger partial charge in [-0.05, 0) is 31.0 Å². The molecule has 1 aliphatic heterocycles. The first-order chi connectivity index (χ1) is 12.1. The number of halogens is 1. The van der Waals surface area contributed by atoms with Gasteiger partial charge in [0.15, 0.2) is 0 Å². The van der Waals surface area contributed by atoms with Crippen molar-refractivity contribution in [1.82, 2.24) is 15.6 Å². The smallest absolute Gasteiger partial charge is 0.253 e. The molecule has 1 fully saturated rings. The SMILES string of the molecule is CCc1[nH]c(=O)ccc1C(=O)N[C@]1(c2ccccc2)CCNC[C@H]1O.Cl. The number of β-amino-alcohol motifs (C(OH)–C–C–N with tert-alkyl or cyclic N) is 1.